The number of carbonyl (C=O) groups is 1. The summed E-state index contributed by atoms with van der Waals surface area (Å²) in [5.74, 6) is 1.27. The zero-order chi connectivity index (χ0) is 16.2. The molecule has 1 aliphatic heterocycles. The molecule has 6 heteroatoms. The Balaban J connectivity index is 0.00000208. The van der Waals surface area contributed by atoms with Gasteiger partial charge in [-0.25, -0.2) is 0 Å². The number of halogens is 2. The van der Waals surface area contributed by atoms with Crippen LogP contribution in [-0.4, -0.2) is 36.0 Å². The summed E-state index contributed by atoms with van der Waals surface area (Å²) < 4.78 is 5.98. The van der Waals surface area contributed by atoms with Gasteiger partial charge in [-0.2, -0.15) is 0 Å². The van der Waals surface area contributed by atoms with Gasteiger partial charge in [0.2, 0.25) is 5.91 Å². The molecule has 0 bridgehead atoms. The van der Waals surface area contributed by atoms with Gasteiger partial charge < -0.3 is 15.4 Å². The topological polar surface area (TPSA) is 55.6 Å². The maximum atomic E-state index is 12.6. The normalized spacial score (nSPS) is 25.0. The van der Waals surface area contributed by atoms with Gasteiger partial charge in [0.1, 0.15) is 11.9 Å². The third-order valence-corrected chi connectivity index (χ3v) is 5.19. The Morgan fingerprint density at radius 1 is 1.12 bits per heavy atom. The molecule has 1 saturated carbocycles. The summed E-state index contributed by atoms with van der Waals surface area (Å²) in [5, 5.41) is 0.712. The fourth-order valence-electron chi connectivity index (χ4n) is 3.61. The van der Waals surface area contributed by atoms with E-state index in [0.29, 0.717) is 10.9 Å². The maximum absolute atomic E-state index is 12.6. The van der Waals surface area contributed by atoms with Crippen LogP contribution < -0.4 is 10.5 Å². The van der Waals surface area contributed by atoms with Gasteiger partial charge in [-0.3, -0.25) is 4.79 Å². The molecule has 2 atom stereocenters. The lowest BCUT2D eigenvalue weighted by Gasteiger charge is -2.36. The quantitative estimate of drug-likeness (QED) is 0.880. The first kappa shape index (κ1) is 19.4. The van der Waals surface area contributed by atoms with E-state index in [0.717, 1.165) is 57.4 Å². The largest absolute Gasteiger partial charge is 0.490 e. The van der Waals surface area contributed by atoms with Gasteiger partial charge in [-0.1, -0.05) is 18.0 Å². The number of amides is 1. The minimum atomic E-state index is 0. The first-order valence-corrected chi connectivity index (χ1v) is 8.96. The Morgan fingerprint density at radius 2 is 1.79 bits per heavy atom. The molecule has 0 aromatic heterocycles. The van der Waals surface area contributed by atoms with Gasteiger partial charge in [-0.15, -0.1) is 12.4 Å². The molecular formula is C18H26Cl2N2O2. The highest BCUT2D eigenvalue weighted by Gasteiger charge is 2.31. The average molecular weight is 373 g/mol. The van der Waals surface area contributed by atoms with Crippen LogP contribution in [0.25, 0.3) is 0 Å². The number of benzene rings is 1. The van der Waals surface area contributed by atoms with Crippen LogP contribution in [0.4, 0.5) is 0 Å². The summed E-state index contributed by atoms with van der Waals surface area (Å²) in [5.41, 5.74) is 6.01. The van der Waals surface area contributed by atoms with E-state index in [1.807, 2.05) is 29.2 Å². The lowest BCUT2D eigenvalue weighted by Crippen LogP contribution is -2.46. The van der Waals surface area contributed by atoms with Crippen molar-refractivity contribution in [2.24, 2.45) is 11.7 Å². The molecule has 1 aromatic carbocycles. The van der Waals surface area contributed by atoms with E-state index in [9.17, 15) is 4.79 Å². The van der Waals surface area contributed by atoms with Crippen LogP contribution in [0.5, 0.6) is 5.75 Å². The number of nitrogens with zero attached hydrogens (tertiary/aromatic N) is 1. The highest BCUT2D eigenvalue weighted by molar-refractivity contribution is 6.30. The standard InChI is InChI=1S/C18H25ClN2O2.ClH/c19-14-4-6-16(7-5-14)23-17-8-10-21(11-9-17)18(22)13-2-1-3-15(20)12-13;/h4-7,13,15,17H,1-3,8-12,20H2;1H/t13-,15+;/m1./s1. The molecule has 0 spiro atoms. The second-order valence-electron chi connectivity index (χ2n) is 6.72. The fraction of sp³-hybridized carbons (Fsp3) is 0.611. The molecule has 3 rings (SSSR count). The van der Waals surface area contributed by atoms with Gasteiger partial charge >= 0.3 is 0 Å². The highest BCUT2D eigenvalue weighted by Crippen LogP contribution is 2.27. The smallest absolute Gasteiger partial charge is 0.225 e. The number of ether oxygens (including phenoxy) is 1. The van der Waals surface area contributed by atoms with E-state index in [-0.39, 0.29) is 30.5 Å². The Kier molecular flexibility index (Phi) is 7.20. The summed E-state index contributed by atoms with van der Waals surface area (Å²) >= 11 is 5.88. The van der Waals surface area contributed by atoms with Crippen LogP contribution in [0.3, 0.4) is 0 Å². The van der Waals surface area contributed by atoms with Gasteiger partial charge in [0, 0.05) is 42.9 Å². The monoisotopic (exact) mass is 372 g/mol. The Bertz CT molecular complexity index is 530. The van der Waals surface area contributed by atoms with Gasteiger partial charge in [0.25, 0.3) is 0 Å². The average Bonchev–Trinajstić information content (AvgIpc) is 2.57. The summed E-state index contributed by atoms with van der Waals surface area (Å²) in [4.78, 5) is 14.6. The zero-order valence-electron chi connectivity index (χ0n) is 13.8. The van der Waals surface area contributed by atoms with Crippen molar-refractivity contribution < 1.29 is 9.53 Å². The fourth-order valence-corrected chi connectivity index (χ4v) is 3.74. The molecule has 134 valence electrons. The number of carbonyl (C=O) groups excluding carboxylic acids is 1. The first-order valence-electron chi connectivity index (χ1n) is 8.58. The third-order valence-electron chi connectivity index (χ3n) is 4.93. The van der Waals surface area contributed by atoms with Crippen LogP contribution in [0.2, 0.25) is 5.02 Å². The number of likely N-dealkylation sites (tertiary alicyclic amines) is 1. The predicted molar refractivity (Wildman–Crippen MR) is 98.9 cm³/mol. The minimum absolute atomic E-state index is 0. The lowest BCUT2D eigenvalue weighted by molar-refractivity contribution is -0.138. The van der Waals surface area contributed by atoms with E-state index in [4.69, 9.17) is 22.1 Å². The molecule has 4 nitrogen and oxygen atoms in total. The second kappa shape index (κ2) is 8.93. The van der Waals surface area contributed by atoms with Crippen LogP contribution in [0, 0.1) is 5.92 Å². The molecule has 24 heavy (non-hydrogen) atoms. The van der Waals surface area contributed by atoms with Crippen LogP contribution in [0.1, 0.15) is 38.5 Å². The van der Waals surface area contributed by atoms with Crippen LogP contribution in [0.15, 0.2) is 24.3 Å². The molecule has 2 N–H and O–H groups in total. The molecule has 1 amide bonds. The van der Waals surface area contributed by atoms with E-state index in [2.05, 4.69) is 0 Å². The molecule has 1 heterocycles. The van der Waals surface area contributed by atoms with Crippen molar-refractivity contribution in [2.45, 2.75) is 50.7 Å². The highest BCUT2D eigenvalue weighted by atomic mass is 35.5. The summed E-state index contributed by atoms with van der Waals surface area (Å²) in [6.45, 7) is 1.56. The molecule has 1 aromatic rings. The van der Waals surface area contributed by atoms with E-state index >= 15 is 0 Å². The Hall–Kier alpha value is -0.970. The first-order chi connectivity index (χ1) is 11.1. The summed E-state index contributed by atoms with van der Waals surface area (Å²) in [6.07, 6.45) is 5.91. The molecular weight excluding hydrogens is 347 g/mol. The van der Waals surface area contributed by atoms with Crippen LogP contribution in [-0.2, 0) is 4.79 Å². The van der Waals surface area contributed by atoms with Crippen molar-refractivity contribution >= 4 is 29.9 Å². The van der Waals surface area contributed by atoms with Crippen molar-refractivity contribution in [3.8, 4) is 5.75 Å². The molecule has 1 saturated heterocycles. The predicted octanol–water partition coefficient (Wildman–Crippen LogP) is 3.65. The van der Waals surface area contributed by atoms with E-state index in [1.54, 1.807) is 0 Å². The molecule has 0 unspecified atom stereocenters. The second-order valence-corrected chi connectivity index (χ2v) is 7.16. The van der Waals surface area contributed by atoms with Gasteiger partial charge in [0.15, 0.2) is 0 Å². The number of piperidine rings is 1. The number of rotatable bonds is 3. The summed E-state index contributed by atoms with van der Waals surface area (Å²) in [6, 6.07) is 7.65. The zero-order valence-corrected chi connectivity index (χ0v) is 15.4. The lowest BCUT2D eigenvalue weighted by atomic mass is 9.85. The molecule has 0 radical (unpaired) electrons. The summed E-state index contributed by atoms with van der Waals surface area (Å²) in [7, 11) is 0. The Labute approximate surface area is 155 Å². The SMILES string of the molecule is Cl.N[C@H]1CCC[C@@H](C(=O)N2CCC(Oc3ccc(Cl)cc3)CC2)C1. The van der Waals surface area contributed by atoms with Crippen molar-refractivity contribution in [1.29, 1.82) is 0 Å². The van der Waals surface area contributed by atoms with Crippen molar-refractivity contribution in [1.82, 2.24) is 4.90 Å². The van der Waals surface area contributed by atoms with Crippen molar-refractivity contribution in [2.75, 3.05) is 13.1 Å². The number of hydrogen-bond acceptors (Lipinski definition) is 3. The molecule has 1 aliphatic carbocycles. The number of hydrogen-bond donors (Lipinski definition) is 1. The van der Waals surface area contributed by atoms with E-state index in [1.165, 1.54) is 0 Å². The Morgan fingerprint density at radius 3 is 2.42 bits per heavy atom. The third kappa shape index (κ3) is 5.01. The maximum Gasteiger partial charge on any atom is 0.225 e. The molecule has 2 fully saturated rings. The van der Waals surface area contributed by atoms with Crippen molar-refractivity contribution in [3.63, 3.8) is 0 Å². The minimum Gasteiger partial charge on any atom is -0.490 e. The van der Waals surface area contributed by atoms with Gasteiger partial charge in [0.05, 0.1) is 0 Å². The van der Waals surface area contributed by atoms with E-state index < -0.39 is 0 Å². The van der Waals surface area contributed by atoms with Crippen LogP contribution >= 0.6 is 24.0 Å². The molecule has 2 aliphatic rings. The van der Waals surface area contributed by atoms with Gasteiger partial charge in [-0.05, 0) is 43.5 Å². The van der Waals surface area contributed by atoms with Crippen molar-refractivity contribution in [3.05, 3.63) is 29.3 Å². The number of nitrogens with two attached hydrogens (primary N) is 1.